The van der Waals surface area contributed by atoms with Crippen molar-refractivity contribution in [3.8, 4) is 0 Å². The van der Waals surface area contributed by atoms with Gasteiger partial charge >= 0.3 is 0 Å². The van der Waals surface area contributed by atoms with E-state index in [1.165, 1.54) is 0 Å². The molecule has 1 N–H and O–H groups in total. The normalized spacial score (nSPS) is 20.1. The van der Waals surface area contributed by atoms with Gasteiger partial charge in [0.05, 0.1) is 10.5 Å². The molecule has 0 aromatic heterocycles. The largest absolute Gasteiger partial charge is 0.326 e. The SMILES string of the molecule is CC(C)(C)S(=O)(=O)CCN1CC2(CCC(C(=O)Nc3cc(F)cc(C(F)F)c3)CC2)C1. The van der Waals surface area contributed by atoms with E-state index >= 15 is 0 Å². The van der Waals surface area contributed by atoms with Gasteiger partial charge in [0.25, 0.3) is 6.43 Å². The van der Waals surface area contributed by atoms with Gasteiger partial charge in [-0.2, -0.15) is 0 Å². The molecular weight excluding hydrogens is 429 g/mol. The molecule has 1 saturated carbocycles. The minimum Gasteiger partial charge on any atom is -0.326 e. The number of carbonyl (C=O) groups is 1. The highest BCUT2D eigenvalue weighted by Gasteiger charge is 2.46. The second kappa shape index (κ2) is 8.73. The first kappa shape index (κ1) is 24.0. The summed E-state index contributed by atoms with van der Waals surface area (Å²) in [5.74, 6) is -1.17. The van der Waals surface area contributed by atoms with E-state index in [4.69, 9.17) is 0 Å². The third-order valence-electron chi connectivity index (χ3n) is 6.58. The summed E-state index contributed by atoms with van der Waals surface area (Å²) < 4.78 is 63.0. The van der Waals surface area contributed by atoms with Crippen molar-refractivity contribution < 1.29 is 26.4 Å². The molecule has 1 spiro atoms. The summed E-state index contributed by atoms with van der Waals surface area (Å²) in [4.78, 5) is 14.7. The maximum absolute atomic E-state index is 13.5. The van der Waals surface area contributed by atoms with Crippen LogP contribution in [0.25, 0.3) is 0 Å². The Morgan fingerprint density at radius 2 is 1.81 bits per heavy atom. The number of benzene rings is 1. The van der Waals surface area contributed by atoms with Crippen molar-refractivity contribution in [3.05, 3.63) is 29.6 Å². The molecule has 0 unspecified atom stereocenters. The monoisotopic (exact) mass is 460 g/mol. The van der Waals surface area contributed by atoms with Gasteiger partial charge < -0.3 is 10.2 Å². The van der Waals surface area contributed by atoms with E-state index in [0.717, 1.165) is 44.1 Å². The smallest absolute Gasteiger partial charge is 0.264 e. The number of likely N-dealkylation sites (tertiary alicyclic amines) is 1. The van der Waals surface area contributed by atoms with Gasteiger partial charge in [0.1, 0.15) is 5.82 Å². The summed E-state index contributed by atoms with van der Waals surface area (Å²) >= 11 is 0. The molecule has 0 atom stereocenters. The van der Waals surface area contributed by atoms with Crippen molar-refractivity contribution in [1.29, 1.82) is 0 Å². The van der Waals surface area contributed by atoms with Crippen molar-refractivity contribution in [2.24, 2.45) is 11.3 Å². The number of nitrogens with one attached hydrogen (secondary N) is 1. The van der Waals surface area contributed by atoms with Gasteiger partial charge in [0, 0.05) is 36.8 Å². The maximum atomic E-state index is 13.5. The van der Waals surface area contributed by atoms with Crippen LogP contribution in [0.2, 0.25) is 0 Å². The Morgan fingerprint density at radius 1 is 1.19 bits per heavy atom. The van der Waals surface area contributed by atoms with Gasteiger partial charge in [0.2, 0.25) is 5.91 Å². The van der Waals surface area contributed by atoms with Gasteiger partial charge in [-0.05, 0) is 70.1 Å². The minimum atomic E-state index is -3.14. The average Bonchev–Trinajstić information content (AvgIpc) is 2.63. The van der Waals surface area contributed by atoms with Crippen molar-refractivity contribution >= 4 is 21.4 Å². The fourth-order valence-electron chi connectivity index (χ4n) is 4.48. The Balaban J connectivity index is 1.47. The van der Waals surface area contributed by atoms with E-state index in [1.54, 1.807) is 20.8 Å². The van der Waals surface area contributed by atoms with E-state index in [-0.39, 0.29) is 28.7 Å². The molecule has 31 heavy (non-hydrogen) atoms. The number of hydrogen-bond donors (Lipinski definition) is 1. The highest BCUT2D eigenvalue weighted by Crippen LogP contribution is 2.45. The Morgan fingerprint density at radius 3 is 2.35 bits per heavy atom. The second-order valence-electron chi connectivity index (χ2n) is 9.98. The van der Waals surface area contributed by atoms with Gasteiger partial charge in [-0.15, -0.1) is 0 Å². The predicted octanol–water partition coefficient (Wildman–Crippen LogP) is 4.41. The fraction of sp³-hybridized carbons (Fsp3) is 0.682. The van der Waals surface area contributed by atoms with E-state index in [9.17, 15) is 26.4 Å². The highest BCUT2D eigenvalue weighted by atomic mass is 32.2. The van der Waals surface area contributed by atoms with E-state index in [2.05, 4.69) is 10.2 Å². The molecular formula is C22H31F3N2O3S. The molecule has 1 heterocycles. The first-order valence-electron chi connectivity index (χ1n) is 10.6. The third kappa shape index (κ3) is 5.61. The summed E-state index contributed by atoms with van der Waals surface area (Å²) in [6.45, 7) is 7.34. The summed E-state index contributed by atoms with van der Waals surface area (Å²) in [5.41, 5.74) is -0.277. The number of rotatable bonds is 6. The molecule has 1 aromatic carbocycles. The van der Waals surface area contributed by atoms with Crippen molar-refractivity contribution in [2.45, 2.75) is 57.6 Å². The molecule has 1 aliphatic heterocycles. The molecule has 174 valence electrons. The minimum absolute atomic E-state index is 0.0514. The van der Waals surface area contributed by atoms with Gasteiger partial charge in [-0.1, -0.05) is 0 Å². The van der Waals surface area contributed by atoms with Crippen LogP contribution in [-0.4, -0.2) is 49.4 Å². The lowest BCUT2D eigenvalue weighted by molar-refractivity contribution is -0.123. The number of sulfone groups is 1. The molecule has 0 radical (unpaired) electrons. The zero-order valence-corrected chi connectivity index (χ0v) is 19.1. The number of amides is 1. The van der Waals surface area contributed by atoms with Gasteiger partial charge in [-0.3, -0.25) is 4.79 Å². The van der Waals surface area contributed by atoms with Crippen LogP contribution < -0.4 is 5.32 Å². The Kier molecular flexibility index (Phi) is 6.77. The Labute approximate surface area is 182 Å². The lowest BCUT2D eigenvalue weighted by Crippen LogP contribution is -2.59. The molecule has 0 bridgehead atoms. The first-order chi connectivity index (χ1) is 14.3. The fourth-order valence-corrected chi connectivity index (χ4v) is 5.59. The average molecular weight is 461 g/mol. The van der Waals surface area contributed by atoms with Crippen LogP contribution in [0.3, 0.4) is 0 Å². The van der Waals surface area contributed by atoms with Crippen LogP contribution in [0.15, 0.2) is 18.2 Å². The number of anilines is 1. The molecule has 5 nitrogen and oxygen atoms in total. The molecule has 1 amide bonds. The topological polar surface area (TPSA) is 66.5 Å². The number of nitrogens with zero attached hydrogens (tertiary/aromatic N) is 1. The van der Waals surface area contributed by atoms with Crippen LogP contribution in [0.1, 0.15) is 58.4 Å². The molecule has 2 fully saturated rings. The lowest BCUT2D eigenvalue weighted by atomic mass is 9.66. The van der Waals surface area contributed by atoms with Crippen molar-refractivity contribution in [1.82, 2.24) is 4.90 Å². The zero-order valence-electron chi connectivity index (χ0n) is 18.3. The van der Waals surface area contributed by atoms with Crippen LogP contribution in [-0.2, 0) is 14.6 Å². The van der Waals surface area contributed by atoms with Crippen molar-refractivity contribution in [2.75, 3.05) is 30.7 Å². The first-order valence-corrected chi connectivity index (χ1v) is 12.3. The highest BCUT2D eigenvalue weighted by molar-refractivity contribution is 7.92. The van der Waals surface area contributed by atoms with Crippen molar-refractivity contribution in [3.63, 3.8) is 0 Å². The summed E-state index contributed by atoms with van der Waals surface area (Å²) in [6, 6.07) is 2.91. The molecule has 1 saturated heterocycles. The lowest BCUT2D eigenvalue weighted by Gasteiger charge is -2.53. The molecule has 1 aromatic rings. The van der Waals surface area contributed by atoms with Gasteiger partial charge in [-0.25, -0.2) is 21.6 Å². The summed E-state index contributed by atoms with van der Waals surface area (Å²) in [5, 5.41) is 2.58. The van der Waals surface area contributed by atoms with Crippen LogP contribution in [0, 0.1) is 17.2 Å². The number of halogens is 3. The zero-order chi connectivity index (χ0) is 23.0. The van der Waals surface area contributed by atoms with Gasteiger partial charge in [0.15, 0.2) is 9.84 Å². The number of carbonyl (C=O) groups excluding carboxylic acids is 1. The maximum Gasteiger partial charge on any atom is 0.264 e. The summed E-state index contributed by atoms with van der Waals surface area (Å²) in [7, 11) is -3.14. The Bertz CT molecular complexity index is 912. The van der Waals surface area contributed by atoms with Crippen LogP contribution >= 0.6 is 0 Å². The Hall–Kier alpha value is -1.61. The second-order valence-corrected chi connectivity index (χ2v) is 12.8. The van der Waals surface area contributed by atoms with Crippen LogP contribution in [0.5, 0.6) is 0 Å². The molecule has 9 heteroatoms. The summed E-state index contributed by atoms with van der Waals surface area (Å²) in [6.07, 6.45) is 0.271. The third-order valence-corrected chi connectivity index (χ3v) is 9.17. The molecule has 1 aliphatic carbocycles. The quantitative estimate of drug-likeness (QED) is 0.683. The van der Waals surface area contributed by atoms with Crippen LogP contribution in [0.4, 0.5) is 18.9 Å². The van der Waals surface area contributed by atoms with E-state index < -0.39 is 32.4 Å². The van der Waals surface area contributed by atoms with E-state index in [0.29, 0.717) is 19.4 Å². The number of hydrogen-bond acceptors (Lipinski definition) is 4. The number of alkyl halides is 2. The van der Waals surface area contributed by atoms with E-state index in [1.807, 2.05) is 0 Å². The molecule has 2 aliphatic rings. The standard InChI is InChI=1S/C22H31F3N2O3S/c1-21(2,3)31(29,30)9-8-27-13-22(14-27)6-4-15(5-7-22)20(28)26-18-11-16(19(24)25)10-17(23)12-18/h10-12,15,19H,4-9,13-14H2,1-3H3,(H,26,28). The predicted molar refractivity (Wildman–Crippen MR) is 114 cm³/mol. The molecule has 3 rings (SSSR count).